The zero-order chi connectivity index (χ0) is 16.2. The number of halogens is 2. The standard InChI is InChI=1S/C18H14ClFN2S/c1-12-8-17(23-11-13-4-2-7-16(20)9-13)22-18(21-12)14-5-3-6-15(19)10-14/h2-10H,11H2,1H3. The molecule has 3 rings (SSSR count). The SMILES string of the molecule is Cc1cc(SCc2cccc(F)c2)nc(-c2cccc(Cl)c2)n1. The Bertz CT molecular complexity index is 839. The van der Waals surface area contributed by atoms with Crippen LogP contribution in [0.15, 0.2) is 59.6 Å². The number of hydrogen-bond donors (Lipinski definition) is 0. The number of rotatable bonds is 4. The van der Waals surface area contributed by atoms with E-state index in [-0.39, 0.29) is 5.82 Å². The average molecular weight is 345 g/mol. The van der Waals surface area contributed by atoms with E-state index in [1.807, 2.05) is 43.3 Å². The first-order chi connectivity index (χ1) is 11.1. The highest BCUT2D eigenvalue weighted by molar-refractivity contribution is 7.98. The minimum absolute atomic E-state index is 0.221. The highest BCUT2D eigenvalue weighted by Crippen LogP contribution is 2.26. The minimum Gasteiger partial charge on any atom is -0.233 e. The summed E-state index contributed by atoms with van der Waals surface area (Å²) in [6.45, 7) is 1.93. The molecule has 116 valence electrons. The molecule has 0 amide bonds. The summed E-state index contributed by atoms with van der Waals surface area (Å²) >= 11 is 7.59. The lowest BCUT2D eigenvalue weighted by Gasteiger charge is -2.07. The normalized spacial score (nSPS) is 10.7. The molecule has 0 saturated heterocycles. The molecule has 23 heavy (non-hydrogen) atoms. The smallest absolute Gasteiger partial charge is 0.160 e. The highest BCUT2D eigenvalue weighted by atomic mass is 35.5. The molecule has 0 fully saturated rings. The van der Waals surface area contributed by atoms with Crippen LogP contribution in [0.5, 0.6) is 0 Å². The third-order valence-corrected chi connectivity index (χ3v) is 4.41. The van der Waals surface area contributed by atoms with Gasteiger partial charge in [0.2, 0.25) is 0 Å². The number of hydrogen-bond acceptors (Lipinski definition) is 3. The van der Waals surface area contributed by atoms with Crippen molar-refractivity contribution in [1.82, 2.24) is 9.97 Å². The van der Waals surface area contributed by atoms with E-state index < -0.39 is 0 Å². The molecule has 3 aromatic rings. The molecule has 0 N–H and O–H groups in total. The fraction of sp³-hybridized carbons (Fsp3) is 0.111. The second kappa shape index (κ2) is 7.11. The topological polar surface area (TPSA) is 25.8 Å². The summed E-state index contributed by atoms with van der Waals surface area (Å²) in [4.78, 5) is 9.05. The lowest BCUT2D eigenvalue weighted by atomic mass is 10.2. The predicted molar refractivity (Wildman–Crippen MR) is 93.2 cm³/mol. The summed E-state index contributed by atoms with van der Waals surface area (Å²) in [6.07, 6.45) is 0. The number of nitrogens with zero attached hydrogens (tertiary/aromatic N) is 2. The first-order valence-electron chi connectivity index (χ1n) is 7.09. The summed E-state index contributed by atoms with van der Waals surface area (Å²) < 4.78 is 13.2. The first kappa shape index (κ1) is 16.0. The van der Waals surface area contributed by atoms with Crippen molar-refractivity contribution in [1.29, 1.82) is 0 Å². The maximum atomic E-state index is 13.2. The molecule has 0 bridgehead atoms. The molecule has 0 spiro atoms. The van der Waals surface area contributed by atoms with Gasteiger partial charge in [0.05, 0.1) is 0 Å². The zero-order valence-electron chi connectivity index (χ0n) is 12.5. The van der Waals surface area contributed by atoms with Crippen molar-refractivity contribution in [3.8, 4) is 11.4 Å². The van der Waals surface area contributed by atoms with Crippen molar-refractivity contribution in [3.05, 3.63) is 76.7 Å². The van der Waals surface area contributed by atoms with E-state index in [9.17, 15) is 4.39 Å². The Labute approximate surface area is 143 Å². The summed E-state index contributed by atoms with van der Waals surface area (Å²) in [5.74, 6) is 1.08. The van der Waals surface area contributed by atoms with Crippen LogP contribution in [0.4, 0.5) is 4.39 Å². The molecule has 1 heterocycles. The molecule has 0 aliphatic rings. The summed E-state index contributed by atoms with van der Waals surface area (Å²) in [7, 11) is 0. The van der Waals surface area contributed by atoms with Gasteiger partial charge in [-0.1, -0.05) is 35.9 Å². The van der Waals surface area contributed by atoms with Crippen LogP contribution in [0.2, 0.25) is 5.02 Å². The maximum Gasteiger partial charge on any atom is 0.160 e. The lowest BCUT2D eigenvalue weighted by Crippen LogP contribution is -1.94. The van der Waals surface area contributed by atoms with Gasteiger partial charge < -0.3 is 0 Å². The first-order valence-corrected chi connectivity index (χ1v) is 8.45. The molecule has 1 aromatic heterocycles. The van der Waals surface area contributed by atoms with Crippen molar-refractivity contribution >= 4 is 23.4 Å². The van der Waals surface area contributed by atoms with Crippen molar-refractivity contribution in [2.75, 3.05) is 0 Å². The molecule has 0 atom stereocenters. The third-order valence-electron chi connectivity index (χ3n) is 3.19. The van der Waals surface area contributed by atoms with Gasteiger partial charge in [-0.05, 0) is 42.8 Å². The Morgan fingerprint density at radius 3 is 2.65 bits per heavy atom. The van der Waals surface area contributed by atoms with Crippen LogP contribution in [0, 0.1) is 12.7 Å². The second-order valence-electron chi connectivity index (χ2n) is 5.10. The largest absolute Gasteiger partial charge is 0.233 e. The van der Waals surface area contributed by atoms with Gasteiger partial charge in [0, 0.05) is 22.0 Å². The molecule has 0 aliphatic carbocycles. The number of aromatic nitrogens is 2. The van der Waals surface area contributed by atoms with Crippen LogP contribution in [0.1, 0.15) is 11.3 Å². The molecule has 0 radical (unpaired) electrons. The van der Waals surface area contributed by atoms with Crippen LogP contribution in [0.3, 0.4) is 0 Å². The lowest BCUT2D eigenvalue weighted by molar-refractivity contribution is 0.626. The summed E-state index contributed by atoms with van der Waals surface area (Å²) in [5.41, 5.74) is 2.70. The molecule has 0 saturated carbocycles. The molecule has 0 unspecified atom stereocenters. The Kier molecular flexibility index (Phi) is 4.94. The van der Waals surface area contributed by atoms with Gasteiger partial charge >= 0.3 is 0 Å². The fourth-order valence-corrected chi connectivity index (χ4v) is 3.24. The van der Waals surface area contributed by atoms with Gasteiger partial charge in [-0.25, -0.2) is 14.4 Å². The maximum absolute atomic E-state index is 13.2. The van der Waals surface area contributed by atoms with Gasteiger partial charge in [-0.15, -0.1) is 11.8 Å². The van der Waals surface area contributed by atoms with Crippen LogP contribution < -0.4 is 0 Å². The quantitative estimate of drug-likeness (QED) is 0.459. The van der Waals surface area contributed by atoms with Crippen molar-refractivity contribution in [2.24, 2.45) is 0 Å². The Morgan fingerprint density at radius 2 is 1.87 bits per heavy atom. The Morgan fingerprint density at radius 1 is 1.04 bits per heavy atom. The van der Waals surface area contributed by atoms with Gasteiger partial charge in [-0.2, -0.15) is 0 Å². The number of benzene rings is 2. The minimum atomic E-state index is -0.221. The molecule has 5 heteroatoms. The van der Waals surface area contributed by atoms with Gasteiger partial charge in [-0.3, -0.25) is 0 Å². The van der Waals surface area contributed by atoms with E-state index >= 15 is 0 Å². The number of aryl methyl sites for hydroxylation is 1. The van der Waals surface area contributed by atoms with Crippen LogP contribution in [-0.4, -0.2) is 9.97 Å². The Balaban J connectivity index is 1.83. The fourth-order valence-electron chi connectivity index (χ4n) is 2.15. The zero-order valence-corrected chi connectivity index (χ0v) is 14.0. The van der Waals surface area contributed by atoms with E-state index in [0.717, 1.165) is 21.8 Å². The van der Waals surface area contributed by atoms with Crippen molar-refractivity contribution in [2.45, 2.75) is 17.7 Å². The van der Waals surface area contributed by atoms with Crippen LogP contribution in [0.25, 0.3) is 11.4 Å². The predicted octanol–water partition coefficient (Wildman–Crippen LogP) is 5.54. The van der Waals surface area contributed by atoms with Gasteiger partial charge in [0.1, 0.15) is 10.8 Å². The Hall–Kier alpha value is -1.91. The van der Waals surface area contributed by atoms with Crippen LogP contribution in [-0.2, 0) is 5.75 Å². The van der Waals surface area contributed by atoms with E-state index in [1.54, 1.807) is 23.9 Å². The van der Waals surface area contributed by atoms with E-state index in [1.165, 1.54) is 6.07 Å². The molecule has 0 aliphatic heterocycles. The van der Waals surface area contributed by atoms with Crippen molar-refractivity contribution < 1.29 is 4.39 Å². The number of thioether (sulfide) groups is 1. The monoisotopic (exact) mass is 344 g/mol. The van der Waals surface area contributed by atoms with Gasteiger partial charge in [0.25, 0.3) is 0 Å². The van der Waals surface area contributed by atoms with E-state index in [4.69, 9.17) is 11.6 Å². The average Bonchev–Trinajstić information content (AvgIpc) is 2.52. The second-order valence-corrected chi connectivity index (χ2v) is 6.53. The van der Waals surface area contributed by atoms with E-state index in [0.29, 0.717) is 16.6 Å². The van der Waals surface area contributed by atoms with Gasteiger partial charge in [0.15, 0.2) is 5.82 Å². The molecular formula is C18H14ClFN2S. The van der Waals surface area contributed by atoms with Crippen molar-refractivity contribution in [3.63, 3.8) is 0 Å². The van der Waals surface area contributed by atoms with E-state index in [2.05, 4.69) is 9.97 Å². The molecular weight excluding hydrogens is 331 g/mol. The molecule has 2 aromatic carbocycles. The summed E-state index contributed by atoms with van der Waals surface area (Å²) in [5, 5.41) is 1.51. The highest BCUT2D eigenvalue weighted by Gasteiger charge is 2.07. The van der Waals surface area contributed by atoms with Crippen LogP contribution >= 0.6 is 23.4 Å². The summed E-state index contributed by atoms with van der Waals surface area (Å²) in [6, 6.07) is 16.0. The third kappa shape index (κ3) is 4.30. The molecule has 2 nitrogen and oxygen atoms in total.